The minimum absolute atomic E-state index is 0.372. The number of carbonyl (C=O) groups is 2. The first-order valence-corrected chi connectivity index (χ1v) is 9.53. The number of nitrogens with one attached hydrogen (secondary N) is 1. The van der Waals surface area contributed by atoms with E-state index in [1.165, 1.54) is 6.08 Å². The number of anilines is 1. The lowest BCUT2D eigenvalue weighted by atomic mass is 10.1. The first-order chi connectivity index (χ1) is 14.6. The molecule has 1 amide bonds. The SMILES string of the molecule is CCOc1ccc(/C=C/C(=O)OCC(=O)Nc2ccc3ccccc3c2)cc1OC. The zero-order valence-electron chi connectivity index (χ0n) is 16.9. The van der Waals surface area contributed by atoms with Gasteiger partial charge in [0.1, 0.15) is 0 Å². The van der Waals surface area contributed by atoms with Crippen LogP contribution in [0.15, 0.2) is 66.7 Å². The van der Waals surface area contributed by atoms with E-state index in [1.807, 2.05) is 43.3 Å². The summed E-state index contributed by atoms with van der Waals surface area (Å²) in [5.74, 6) is 0.179. The van der Waals surface area contributed by atoms with E-state index in [0.29, 0.717) is 23.8 Å². The molecule has 0 aromatic heterocycles. The molecule has 3 aromatic carbocycles. The molecule has 6 heteroatoms. The number of fused-ring (bicyclic) bond motifs is 1. The van der Waals surface area contributed by atoms with E-state index in [0.717, 1.165) is 16.3 Å². The van der Waals surface area contributed by atoms with E-state index in [9.17, 15) is 9.59 Å². The number of esters is 1. The predicted molar refractivity (Wildman–Crippen MR) is 117 cm³/mol. The molecule has 0 aliphatic carbocycles. The first kappa shape index (κ1) is 20.9. The Balaban J connectivity index is 1.52. The van der Waals surface area contributed by atoms with Crippen molar-refractivity contribution in [2.45, 2.75) is 6.92 Å². The molecule has 6 nitrogen and oxygen atoms in total. The van der Waals surface area contributed by atoms with E-state index in [-0.39, 0.29) is 6.61 Å². The molecule has 0 aliphatic heterocycles. The van der Waals surface area contributed by atoms with Gasteiger partial charge in [-0.1, -0.05) is 36.4 Å². The molecule has 0 fully saturated rings. The van der Waals surface area contributed by atoms with Gasteiger partial charge in [-0.05, 0) is 53.6 Å². The van der Waals surface area contributed by atoms with Gasteiger partial charge in [0.2, 0.25) is 0 Å². The maximum atomic E-state index is 12.1. The van der Waals surface area contributed by atoms with Crippen LogP contribution in [0.3, 0.4) is 0 Å². The average molecular weight is 405 g/mol. The molecule has 0 heterocycles. The van der Waals surface area contributed by atoms with Gasteiger partial charge in [0.15, 0.2) is 18.1 Å². The van der Waals surface area contributed by atoms with Gasteiger partial charge in [-0.25, -0.2) is 4.79 Å². The quantitative estimate of drug-likeness (QED) is 0.443. The van der Waals surface area contributed by atoms with Crippen molar-refractivity contribution >= 4 is 34.4 Å². The van der Waals surface area contributed by atoms with Crippen LogP contribution >= 0.6 is 0 Å². The van der Waals surface area contributed by atoms with Crippen LogP contribution in [0.4, 0.5) is 5.69 Å². The molecule has 154 valence electrons. The fourth-order valence-corrected chi connectivity index (χ4v) is 2.88. The van der Waals surface area contributed by atoms with Gasteiger partial charge in [-0.3, -0.25) is 4.79 Å². The van der Waals surface area contributed by atoms with Gasteiger partial charge >= 0.3 is 5.97 Å². The second-order valence-electron chi connectivity index (χ2n) is 6.39. The van der Waals surface area contributed by atoms with Gasteiger partial charge in [0.05, 0.1) is 13.7 Å². The molecule has 0 atom stereocenters. The van der Waals surface area contributed by atoms with Crippen molar-refractivity contribution in [1.29, 1.82) is 0 Å². The third-order valence-electron chi connectivity index (χ3n) is 4.28. The Bertz CT molecular complexity index is 1070. The minimum Gasteiger partial charge on any atom is -0.493 e. The van der Waals surface area contributed by atoms with Crippen molar-refractivity contribution < 1.29 is 23.8 Å². The highest BCUT2D eigenvalue weighted by Crippen LogP contribution is 2.28. The second-order valence-corrected chi connectivity index (χ2v) is 6.39. The van der Waals surface area contributed by atoms with Crippen LogP contribution in [0, 0.1) is 0 Å². The van der Waals surface area contributed by atoms with Crippen LogP contribution in [-0.2, 0) is 14.3 Å². The van der Waals surface area contributed by atoms with E-state index in [2.05, 4.69) is 5.32 Å². The predicted octanol–water partition coefficient (Wildman–Crippen LogP) is 4.44. The monoisotopic (exact) mass is 405 g/mol. The van der Waals surface area contributed by atoms with E-state index in [4.69, 9.17) is 14.2 Å². The Morgan fingerprint density at radius 2 is 1.77 bits per heavy atom. The average Bonchev–Trinajstić information content (AvgIpc) is 2.77. The first-order valence-electron chi connectivity index (χ1n) is 9.53. The van der Waals surface area contributed by atoms with Crippen molar-refractivity contribution in [1.82, 2.24) is 0 Å². The van der Waals surface area contributed by atoms with Crippen LogP contribution in [0.1, 0.15) is 12.5 Å². The number of carbonyl (C=O) groups excluding carboxylic acids is 2. The van der Waals surface area contributed by atoms with Crippen LogP contribution in [-0.4, -0.2) is 32.2 Å². The number of benzene rings is 3. The molecule has 30 heavy (non-hydrogen) atoms. The summed E-state index contributed by atoms with van der Waals surface area (Å²) >= 11 is 0. The van der Waals surface area contributed by atoms with Crippen molar-refractivity contribution in [3.63, 3.8) is 0 Å². The third kappa shape index (κ3) is 5.61. The van der Waals surface area contributed by atoms with Crippen LogP contribution in [0.5, 0.6) is 11.5 Å². The van der Waals surface area contributed by atoms with Crippen LogP contribution < -0.4 is 14.8 Å². The smallest absolute Gasteiger partial charge is 0.331 e. The summed E-state index contributed by atoms with van der Waals surface area (Å²) in [7, 11) is 1.55. The standard InChI is InChI=1S/C24H23NO5/c1-3-29-21-12-8-17(14-22(21)28-2)9-13-24(27)30-16-23(26)25-20-11-10-18-6-4-5-7-19(18)15-20/h4-15H,3,16H2,1-2H3,(H,25,26)/b13-9+. The van der Waals surface area contributed by atoms with Crippen LogP contribution in [0.25, 0.3) is 16.8 Å². The second kappa shape index (κ2) is 10.1. The Labute approximate surface area is 175 Å². The van der Waals surface area contributed by atoms with E-state index in [1.54, 1.807) is 37.5 Å². The molecule has 0 radical (unpaired) electrons. The molecule has 0 aliphatic rings. The zero-order valence-corrected chi connectivity index (χ0v) is 16.9. The lowest BCUT2D eigenvalue weighted by molar-refractivity contribution is -0.142. The highest BCUT2D eigenvalue weighted by Gasteiger charge is 2.07. The normalized spacial score (nSPS) is 10.7. The summed E-state index contributed by atoms with van der Waals surface area (Å²) in [4.78, 5) is 24.0. The topological polar surface area (TPSA) is 73.9 Å². The number of amides is 1. The molecular weight excluding hydrogens is 382 g/mol. The van der Waals surface area contributed by atoms with Crippen molar-refractivity contribution in [2.75, 3.05) is 25.6 Å². The number of hydrogen-bond acceptors (Lipinski definition) is 5. The fourth-order valence-electron chi connectivity index (χ4n) is 2.88. The maximum absolute atomic E-state index is 12.1. The Kier molecular flexibility index (Phi) is 7.05. The third-order valence-corrected chi connectivity index (χ3v) is 4.28. The Morgan fingerprint density at radius 1 is 0.967 bits per heavy atom. The summed E-state index contributed by atoms with van der Waals surface area (Å²) < 4.78 is 15.8. The van der Waals surface area contributed by atoms with Gasteiger partial charge in [0, 0.05) is 11.8 Å². The van der Waals surface area contributed by atoms with E-state index < -0.39 is 11.9 Å². The largest absolute Gasteiger partial charge is 0.493 e. The maximum Gasteiger partial charge on any atom is 0.331 e. The fraction of sp³-hybridized carbons (Fsp3) is 0.167. The summed E-state index contributed by atoms with van der Waals surface area (Å²) in [6.45, 7) is 2.04. The van der Waals surface area contributed by atoms with Crippen molar-refractivity contribution in [3.05, 3.63) is 72.3 Å². The van der Waals surface area contributed by atoms with Crippen molar-refractivity contribution in [2.24, 2.45) is 0 Å². The van der Waals surface area contributed by atoms with Crippen LogP contribution in [0.2, 0.25) is 0 Å². The molecule has 0 saturated carbocycles. The molecule has 0 unspecified atom stereocenters. The van der Waals surface area contributed by atoms with Gasteiger partial charge in [-0.2, -0.15) is 0 Å². The molecule has 0 saturated heterocycles. The lowest BCUT2D eigenvalue weighted by Crippen LogP contribution is -2.20. The molecule has 3 rings (SSSR count). The summed E-state index contributed by atoms with van der Waals surface area (Å²) in [6, 6.07) is 18.8. The number of hydrogen-bond donors (Lipinski definition) is 1. The Hall–Kier alpha value is -3.80. The zero-order chi connectivity index (χ0) is 21.3. The molecular formula is C24H23NO5. The lowest BCUT2D eigenvalue weighted by Gasteiger charge is -2.09. The number of ether oxygens (including phenoxy) is 3. The highest BCUT2D eigenvalue weighted by atomic mass is 16.5. The highest BCUT2D eigenvalue weighted by molar-refractivity contribution is 5.96. The molecule has 1 N–H and O–H groups in total. The van der Waals surface area contributed by atoms with Gasteiger partial charge < -0.3 is 19.5 Å². The summed E-state index contributed by atoms with van der Waals surface area (Å²) in [5, 5.41) is 4.82. The van der Waals surface area contributed by atoms with Crippen molar-refractivity contribution in [3.8, 4) is 11.5 Å². The number of methoxy groups -OCH3 is 1. The van der Waals surface area contributed by atoms with Gasteiger partial charge in [0.25, 0.3) is 5.91 Å². The summed E-state index contributed by atoms with van der Waals surface area (Å²) in [5.41, 5.74) is 1.39. The number of rotatable bonds is 8. The van der Waals surface area contributed by atoms with Gasteiger partial charge in [-0.15, -0.1) is 0 Å². The summed E-state index contributed by atoms with van der Waals surface area (Å²) in [6.07, 6.45) is 2.85. The molecule has 3 aromatic rings. The minimum atomic E-state index is -0.614. The Morgan fingerprint density at radius 3 is 2.53 bits per heavy atom. The van der Waals surface area contributed by atoms with E-state index >= 15 is 0 Å². The molecule has 0 spiro atoms. The molecule has 0 bridgehead atoms.